The van der Waals surface area contributed by atoms with Crippen LogP contribution in [0.15, 0.2) is 51.7 Å². The lowest BCUT2D eigenvalue weighted by atomic mass is 10.1. The van der Waals surface area contributed by atoms with Gasteiger partial charge in [0.25, 0.3) is 5.89 Å². The van der Waals surface area contributed by atoms with Crippen LogP contribution in [0.3, 0.4) is 0 Å². The zero-order valence-corrected chi connectivity index (χ0v) is 12.4. The number of hydrogen-bond donors (Lipinski definition) is 0. The minimum absolute atomic E-state index is 0.0823. The molecule has 1 aromatic carbocycles. The molecule has 4 nitrogen and oxygen atoms in total. The molecular weight excluding hydrogens is 363 g/mol. The molecule has 3 rings (SSSR count). The summed E-state index contributed by atoms with van der Waals surface area (Å²) in [6.45, 7) is 0. The van der Waals surface area contributed by atoms with E-state index in [0.717, 1.165) is 6.07 Å². The third kappa shape index (κ3) is 2.87. The first-order valence-corrected chi connectivity index (χ1v) is 6.85. The Morgan fingerprint density at radius 1 is 1.00 bits per heavy atom. The summed E-state index contributed by atoms with van der Waals surface area (Å²) >= 11 is 2.91. The van der Waals surface area contributed by atoms with Crippen LogP contribution in [0.1, 0.15) is 5.56 Å². The Morgan fingerprint density at radius 3 is 2.36 bits per heavy atom. The lowest BCUT2D eigenvalue weighted by molar-refractivity contribution is -0.138. The van der Waals surface area contributed by atoms with Crippen LogP contribution >= 0.6 is 15.9 Å². The Morgan fingerprint density at radius 2 is 1.73 bits per heavy atom. The number of nitrogens with zero attached hydrogens (tertiary/aromatic N) is 3. The molecule has 0 aliphatic rings. The first-order valence-electron chi connectivity index (χ1n) is 6.06. The van der Waals surface area contributed by atoms with Gasteiger partial charge in [0.2, 0.25) is 5.82 Å². The first-order chi connectivity index (χ1) is 10.4. The van der Waals surface area contributed by atoms with E-state index >= 15 is 0 Å². The van der Waals surface area contributed by atoms with Crippen LogP contribution in [-0.4, -0.2) is 15.1 Å². The fraction of sp³-hybridized carbons (Fsp3) is 0.0714. The predicted octanol–water partition coefficient (Wildman–Crippen LogP) is 4.58. The second-order valence-corrected chi connectivity index (χ2v) is 5.21. The molecule has 0 unspecified atom stereocenters. The van der Waals surface area contributed by atoms with E-state index in [0.29, 0.717) is 17.0 Å². The van der Waals surface area contributed by atoms with Crippen LogP contribution in [0.5, 0.6) is 0 Å². The van der Waals surface area contributed by atoms with Gasteiger partial charge in [-0.05, 0) is 30.3 Å². The number of halogens is 4. The number of aromatic nitrogens is 3. The Labute approximate surface area is 131 Å². The van der Waals surface area contributed by atoms with Crippen molar-refractivity contribution in [3.63, 3.8) is 0 Å². The van der Waals surface area contributed by atoms with Crippen molar-refractivity contribution in [2.75, 3.05) is 0 Å². The highest BCUT2D eigenvalue weighted by Crippen LogP contribution is 2.36. The molecule has 0 radical (unpaired) electrons. The lowest BCUT2D eigenvalue weighted by Gasteiger charge is -2.09. The summed E-state index contributed by atoms with van der Waals surface area (Å²) in [5.41, 5.74) is 0.341. The molecule has 0 aliphatic carbocycles. The monoisotopic (exact) mass is 369 g/mol. The van der Waals surface area contributed by atoms with E-state index in [4.69, 9.17) is 4.52 Å². The van der Waals surface area contributed by atoms with Crippen molar-refractivity contribution in [1.82, 2.24) is 15.1 Å². The average molecular weight is 370 g/mol. The summed E-state index contributed by atoms with van der Waals surface area (Å²) in [5.74, 6) is 0.481. The zero-order valence-electron chi connectivity index (χ0n) is 10.8. The molecule has 22 heavy (non-hydrogen) atoms. The van der Waals surface area contributed by atoms with Gasteiger partial charge in [-0.25, -0.2) is 0 Å². The van der Waals surface area contributed by atoms with Gasteiger partial charge in [-0.2, -0.15) is 18.2 Å². The lowest BCUT2D eigenvalue weighted by Crippen LogP contribution is -2.05. The normalized spacial score (nSPS) is 11.6. The molecule has 2 aromatic heterocycles. The van der Waals surface area contributed by atoms with Crippen molar-refractivity contribution in [3.05, 3.63) is 52.8 Å². The van der Waals surface area contributed by atoms with Crippen LogP contribution in [0, 0.1) is 0 Å². The average Bonchev–Trinajstić information content (AvgIpc) is 2.96. The van der Waals surface area contributed by atoms with Gasteiger partial charge in [-0.3, -0.25) is 4.98 Å². The van der Waals surface area contributed by atoms with Crippen molar-refractivity contribution < 1.29 is 17.7 Å². The van der Waals surface area contributed by atoms with E-state index in [1.807, 2.05) is 0 Å². The first kappa shape index (κ1) is 14.7. The maximum absolute atomic E-state index is 12.7. The van der Waals surface area contributed by atoms with E-state index in [1.165, 1.54) is 12.1 Å². The molecule has 0 saturated heterocycles. The number of hydrogen-bond acceptors (Lipinski definition) is 4. The van der Waals surface area contributed by atoms with Crippen LogP contribution in [0.2, 0.25) is 0 Å². The molecule has 0 bridgehead atoms. The van der Waals surface area contributed by atoms with Gasteiger partial charge in [-0.15, -0.1) is 0 Å². The standard InChI is InChI=1S/C14H7BrF3N3O/c15-11-7-9(1-2-10(11)14(16,17)18)13-20-12(21-22-13)8-3-5-19-6-4-8/h1-7H. The summed E-state index contributed by atoms with van der Waals surface area (Å²) in [4.78, 5) is 8.06. The SMILES string of the molecule is FC(F)(F)c1ccc(-c2nc(-c3ccncc3)no2)cc1Br. The minimum Gasteiger partial charge on any atom is -0.334 e. The zero-order chi connectivity index (χ0) is 15.7. The molecule has 2 heterocycles. The van der Waals surface area contributed by atoms with Crippen LogP contribution in [-0.2, 0) is 6.18 Å². The fourth-order valence-corrected chi connectivity index (χ4v) is 2.44. The Kier molecular flexibility index (Phi) is 3.69. The molecule has 3 aromatic rings. The topological polar surface area (TPSA) is 51.8 Å². The van der Waals surface area contributed by atoms with Crippen molar-refractivity contribution >= 4 is 15.9 Å². The van der Waals surface area contributed by atoms with Crippen molar-refractivity contribution in [3.8, 4) is 22.8 Å². The van der Waals surface area contributed by atoms with Crippen molar-refractivity contribution in [1.29, 1.82) is 0 Å². The minimum atomic E-state index is -4.42. The molecule has 0 spiro atoms. The Bertz CT molecular complexity index is 803. The third-order valence-corrected chi connectivity index (χ3v) is 3.54. The number of alkyl halides is 3. The molecule has 112 valence electrons. The van der Waals surface area contributed by atoms with Crippen molar-refractivity contribution in [2.45, 2.75) is 6.18 Å². The Balaban J connectivity index is 1.96. The summed E-state index contributed by atoms with van der Waals surface area (Å²) in [6.07, 6.45) is -1.26. The maximum Gasteiger partial charge on any atom is 0.417 e. The molecule has 8 heteroatoms. The summed E-state index contributed by atoms with van der Waals surface area (Å²) < 4.78 is 43.2. The highest BCUT2D eigenvalue weighted by atomic mass is 79.9. The van der Waals surface area contributed by atoms with Crippen LogP contribution in [0.4, 0.5) is 13.2 Å². The summed E-state index contributed by atoms with van der Waals surface area (Å²) in [7, 11) is 0. The van der Waals surface area contributed by atoms with Gasteiger partial charge in [0.05, 0.1) is 5.56 Å². The number of benzene rings is 1. The number of pyridine rings is 1. The number of rotatable bonds is 2. The largest absolute Gasteiger partial charge is 0.417 e. The molecule has 0 fully saturated rings. The van der Waals surface area contributed by atoms with Gasteiger partial charge in [0.1, 0.15) is 0 Å². The van der Waals surface area contributed by atoms with E-state index in [2.05, 4.69) is 31.1 Å². The van der Waals surface area contributed by atoms with Crippen LogP contribution < -0.4 is 0 Å². The van der Waals surface area contributed by atoms with Gasteiger partial charge >= 0.3 is 6.18 Å². The summed E-state index contributed by atoms with van der Waals surface area (Å²) in [5, 5.41) is 3.81. The highest BCUT2D eigenvalue weighted by Gasteiger charge is 2.33. The molecule has 0 N–H and O–H groups in total. The third-order valence-electron chi connectivity index (χ3n) is 2.89. The van der Waals surface area contributed by atoms with E-state index in [9.17, 15) is 13.2 Å². The highest BCUT2D eigenvalue weighted by molar-refractivity contribution is 9.10. The van der Waals surface area contributed by atoms with Crippen LogP contribution in [0.25, 0.3) is 22.8 Å². The maximum atomic E-state index is 12.7. The second kappa shape index (κ2) is 5.53. The second-order valence-electron chi connectivity index (χ2n) is 4.35. The quantitative estimate of drug-likeness (QED) is 0.663. The van der Waals surface area contributed by atoms with Gasteiger partial charge < -0.3 is 4.52 Å². The smallest absolute Gasteiger partial charge is 0.334 e. The van der Waals surface area contributed by atoms with E-state index < -0.39 is 11.7 Å². The van der Waals surface area contributed by atoms with E-state index in [-0.39, 0.29) is 10.4 Å². The summed E-state index contributed by atoms with van der Waals surface area (Å²) in [6, 6.07) is 6.97. The fourth-order valence-electron chi connectivity index (χ4n) is 1.84. The van der Waals surface area contributed by atoms with Gasteiger partial charge in [0.15, 0.2) is 0 Å². The molecule has 0 aliphatic heterocycles. The Hall–Kier alpha value is -2.22. The molecule has 0 saturated carbocycles. The molecule has 0 atom stereocenters. The van der Waals surface area contributed by atoms with Gasteiger partial charge in [0, 0.05) is 28.0 Å². The van der Waals surface area contributed by atoms with Gasteiger partial charge in [-0.1, -0.05) is 21.1 Å². The molecule has 0 amide bonds. The van der Waals surface area contributed by atoms with Crippen molar-refractivity contribution in [2.24, 2.45) is 0 Å². The predicted molar refractivity (Wildman–Crippen MR) is 75.7 cm³/mol. The molecular formula is C14H7BrF3N3O. The van der Waals surface area contributed by atoms with E-state index in [1.54, 1.807) is 24.5 Å².